The van der Waals surface area contributed by atoms with Crippen molar-refractivity contribution in [3.05, 3.63) is 28.8 Å². The molecule has 1 atom stereocenters. The molecule has 21 heavy (non-hydrogen) atoms. The fraction of sp³-hybridized carbons (Fsp3) is 0.500. The highest BCUT2D eigenvalue weighted by Gasteiger charge is 2.33. The van der Waals surface area contributed by atoms with Crippen molar-refractivity contribution in [3.63, 3.8) is 0 Å². The molecule has 2 rings (SSSR count). The Balaban J connectivity index is 2.25. The van der Waals surface area contributed by atoms with Gasteiger partial charge in [0.15, 0.2) is 9.84 Å². The van der Waals surface area contributed by atoms with E-state index in [0.717, 1.165) is 0 Å². The number of hydrogen-bond donors (Lipinski definition) is 1. The van der Waals surface area contributed by atoms with Crippen LogP contribution in [0.1, 0.15) is 23.7 Å². The molecule has 1 N–H and O–H groups in total. The summed E-state index contributed by atoms with van der Waals surface area (Å²) in [6, 6.07) is 4.83. The van der Waals surface area contributed by atoms with Crippen molar-refractivity contribution in [1.29, 1.82) is 0 Å². The molecule has 0 saturated carbocycles. The summed E-state index contributed by atoms with van der Waals surface area (Å²) in [6.45, 7) is 2.62. The number of nitrogens with one attached hydrogen (secondary N) is 1. The van der Waals surface area contributed by atoms with Crippen LogP contribution in [0.5, 0.6) is 0 Å². The third-order valence-electron chi connectivity index (χ3n) is 3.66. The molecule has 0 aliphatic carbocycles. The molecule has 5 nitrogen and oxygen atoms in total. The summed E-state index contributed by atoms with van der Waals surface area (Å²) in [5.74, 6) is -0.0346. The maximum absolute atomic E-state index is 12.6. The molecule has 7 heteroatoms. The zero-order chi connectivity index (χ0) is 15.6. The summed E-state index contributed by atoms with van der Waals surface area (Å²) < 4.78 is 23.1. The predicted molar refractivity (Wildman–Crippen MR) is 84.8 cm³/mol. The average molecular weight is 331 g/mol. The van der Waals surface area contributed by atoms with E-state index in [-0.39, 0.29) is 23.5 Å². The van der Waals surface area contributed by atoms with Crippen molar-refractivity contribution in [2.75, 3.05) is 30.4 Å². The molecule has 1 aliphatic rings. The smallest absolute Gasteiger partial charge is 0.256 e. The number of hydrogen-bond acceptors (Lipinski definition) is 4. The Labute approximate surface area is 130 Å². The SMILES string of the molecule is CCNc1ccc(Cl)cc1C(=O)N(C)C1CCS(=O)(=O)C1. The number of carbonyl (C=O) groups excluding carboxylic acids is 1. The molecule has 1 saturated heterocycles. The van der Waals surface area contributed by atoms with E-state index in [1.807, 2.05) is 6.92 Å². The molecule has 0 radical (unpaired) electrons. The number of benzene rings is 1. The van der Waals surface area contributed by atoms with Gasteiger partial charge in [-0.3, -0.25) is 4.79 Å². The Morgan fingerprint density at radius 2 is 2.19 bits per heavy atom. The van der Waals surface area contributed by atoms with Crippen LogP contribution in [0.4, 0.5) is 5.69 Å². The highest BCUT2D eigenvalue weighted by molar-refractivity contribution is 7.91. The summed E-state index contributed by atoms with van der Waals surface area (Å²) >= 11 is 5.98. The summed E-state index contributed by atoms with van der Waals surface area (Å²) in [7, 11) is -1.38. The van der Waals surface area contributed by atoms with Crippen LogP contribution in [0.2, 0.25) is 5.02 Å². The van der Waals surface area contributed by atoms with Crippen LogP contribution in [-0.2, 0) is 9.84 Å². The molecule has 116 valence electrons. The van der Waals surface area contributed by atoms with Gasteiger partial charge in [-0.1, -0.05) is 11.6 Å². The van der Waals surface area contributed by atoms with Crippen LogP contribution in [-0.4, -0.2) is 50.4 Å². The molecule has 1 amide bonds. The Morgan fingerprint density at radius 1 is 1.48 bits per heavy atom. The first-order valence-electron chi connectivity index (χ1n) is 6.85. The molecule has 1 aromatic rings. The van der Waals surface area contributed by atoms with Gasteiger partial charge in [0.25, 0.3) is 5.91 Å². The highest BCUT2D eigenvalue weighted by Crippen LogP contribution is 2.24. The van der Waals surface area contributed by atoms with E-state index in [1.54, 1.807) is 25.2 Å². The van der Waals surface area contributed by atoms with E-state index < -0.39 is 9.84 Å². The van der Waals surface area contributed by atoms with Crippen molar-refractivity contribution in [2.24, 2.45) is 0 Å². The van der Waals surface area contributed by atoms with Crippen LogP contribution in [0.25, 0.3) is 0 Å². The minimum atomic E-state index is -3.02. The molecule has 0 bridgehead atoms. The Hall–Kier alpha value is -1.27. The van der Waals surface area contributed by atoms with Gasteiger partial charge in [0, 0.05) is 30.3 Å². The second-order valence-corrected chi connectivity index (χ2v) is 7.86. The van der Waals surface area contributed by atoms with Gasteiger partial charge in [-0.25, -0.2) is 8.42 Å². The molecule has 1 fully saturated rings. The maximum atomic E-state index is 12.6. The van der Waals surface area contributed by atoms with Gasteiger partial charge < -0.3 is 10.2 Å². The van der Waals surface area contributed by atoms with E-state index >= 15 is 0 Å². The van der Waals surface area contributed by atoms with E-state index in [9.17, 15) is 13.2 Å². The van der Waals surface area contributed by atoms with Crippen LogP contribution >= 0.6 is 11.6 Å². The van der Waals surface area contributed by atoms with E-state index in [1.165, 1.54) is 4.90 Å². The quantitative estimate of drug-likeness (QED) is 0.917. The van der Waals surface area contributed by atoms with Crippen LogP contribution < -0.4 is 5.32 Å². The summed E-state index contributed by atoms with van der Waals surface area (Å²) in [5.41, 5.74) is 1.18. The Bertz CT molecular complexity index is 646. The number of nitrogens with zero attached hydrogens (tertiary/aromatic N) is 1. The normalized spacial score (nSPS) is 20.2. The van der Waals surface area contributed by atoms with Crippen molar-refractivity contribution in [2.45, 2.75) is 19.4 Å². The molecule has 0 aromatic heterocycles. The lowest BCUT2D eigenvalue weighted by Gasteiger charge is -2.24. The molecule has 1 aliphatic heterocycles. The van der Waals surface area contributed by atoms with Crippen molar-refractivity contribution in [3.8, 4) is 0 Å². The largest absolute Gasteiger partial charge is 0.385 e. The second kappa shape index (κ2) is 6.23. The lowest BCUT2D eigenvalue weighted by atomic mass is 10.1. The zero-order valence-corrected chi connectivity index (χ0v) is 13.7. The van der Waals surface area contributed by atoms with Crippen LogP contribution in [0, 0.1) is 0 Å². The second-order valence-electron chi connectivity index (χ2n) is 5.19. The topological polar surface area (TPSA) is 66.5 Å². The number of carbonyl (C=O) groups is 1. The lowest BCUT2D eigenvalue weighted by molar-refractivity contribution is 0.0748. The summed E-state index contributed by atoms with van der Waals surface area (Å²) in [6.07, 6.45) is 0.488. The van der Waals surface area contributed by atoms with Gasteiger partial charge in [-0.2, -0.15) is 0 Å². The number of sulfone groups is 1. The average Bonchev–Trinajstić information content (AvgIpc) is 2.79. The van der Waals surface area contributed by atoms with Crippen molar-refractivity contribution < 1.29 is 13.2 Å². The van der Waals surface area contributed by atoms with Crippen molar-refractivity contribution in [1.82, 2.24) is 4.90 Å². The van der Waals surface area contributed by atoms with Gasteiger partial charge in [0.2, 0.25) is 0 Å². The van der Waals surface area contributed by atoms with Gasteiger partial charge in [0.1, 0.15) is 0 Å². The first-order valence-corrected chi connectivity index (χ1v) is 9.05. The predicted octanol–water partition coefficient (Wildman–Crippen LogP) is 2.03. The van der Waals surface area contributed by atoms with Gasteiger partial charge >= 0.3 is 0 Å². The molecule has 1 heterocycles. The fourth-order valence-corrected chi connectivity index (χ4v) is 4.42. The van der Waals surface area contributed by atoms with Gasteiger partial charge in [-0.05, 0) is 31.5 Å². The fourth-order valence-electron chi connectivity index (χ4n) is 2.47. The first kappa shape index (κ1) is 16.1. The maximum Gasteiger partial charge on any atom is 0.256 e. The number of rotatable bonds is 4. The Kier molecular flexibility index (Phi) is 4.78. The third kappa shape index (κ3) is 3.68. The molecule has 1 unspecified atom stereocenters. The number of amides is 1. The molecular weight excluding hydrogens is 312 g/mol. The number of halogens is 1. The molecule has 1 aromatic carbocycles. The number of anilines is 1. The standard InChI is InChI=1S/C14H19ClN2O3S/c1-3-16-13-5-4-10(15)8-12(13)14(18)17(2)11-6-7-21(19,20)9-11/h4-5,8,11,16H,3,6-7,9H2,1-2H3. The molecular formula is C14H19ClN2O3S. The monoisotopic (exact) mass is 330 g/mol. The lowest BCUT2D eigenvalue weighted by Crippen LogP contribution is -2.38. The van der Waals surface area contributed by atoms with E-state index in [4.69, 9.17) is 11.6 Å². The van der Waals surface area contributed by atoms with Crippen LogP contribution in [0.15, 0.2) is 18.2 Å². The van der Waals surface area contributed by atoms with E-state index in [2.05, 4.69) is 5.32 Å². The minimum Gasteiger partial charge on any atom is -0.385 e. The van der Waals surface area contributed by atoms with Gasteiger partial charge in [0.05, 0.1) is 17.1 Å². The van der Waals surface area contributed by atoms with Crippen LogP contribution in [0.3, 0.4) is 0 Å². The first-order chi connectivity index (χ1) is 9.84. The van der Waals surface area contributed by atoms with E-state index in [0.29, 0.717) is 29.2 Å². The molecule has 0 spiro atoms. The summed E-state index contributed by atoms with van der Waals surface area (Å²) in [4.78, 5) is 14.1. The summed E-state index contributed by atoms with van der Waals surface area (Å²) in [5, 5.41) is 3.60. The van der Waals surface area contributed by atoms with Crippen molar-refractivity contribution >= 4 is 33.0 Å². The van der Waals surface area contributed by atoms with Gasteiger partial charge in [-0.15, -0.1) is 0 Å². The third-order valence-corrected chi connectivity index (χ3v) is 5.64. The highest BCUT2D eigenvalue weighted by atomic mass is 35.5. The zero-order valence-electron chi connectivity index (χ0n) is 12.1. The Morgan fingerprint density at radius 3 is 2.76 bits per heavy atom. The minimum absolute atomic E-state index is 0.0341.